The second kappa shape index (κ2) is 8.93. The highest BCUT2D eigenvalue weighted by atomic mass is 35.5. The summed E-state index contributed by atoms with van der Waals surface area (Å²) in [4.78, 5) is 9.19. The van der Waals surface area contributed by atoms with Crippen LogP contribution in [0.2, 0.25) is 5.02 Å². The first-order valence-corrected chi connectivity index (χ1v) is 10.3. The maximum absolute atomic E-state index is 13.7. The Hall–Kier alpha value is -2.44. The molecule has 0 aliphatic carbocycles. The highest BCUT2D eigenvalue weighted by Crippen LogP contribution is 2.26. The van der Waals surface area contributed by atoms with E-state index < -0.39 is 0 Å². The van der Waals surface area contributed by atoms with Gasteiger partial charge in [0.2, 0.25) is 11.7 Å². The van der Waals surface area contributed by atoms with Gasteiger partial charge in [-0.25, -0.2) is 4.39 Å². The average Bonchev–Trinajstić information content (AvgIpc) is 3.20. The number of para-hydroxylation sites is 1. The minimum atomic E-state index is -0.259. The Kier molecular flexibility index (Phi) is 6.11. The van der Waals surface area contributed by atoms with Gasteiger partial charge in [-0.15, -0.1) is 0 Å². The molecule has 0 N–H and O–H groups in total. The molecule has 29 heavy (non-hydrogen) atoms. The second-order valence-electron chi connectivity index (χ2n) is 7.36. The van der Waals surface area contributed by atoms with Gasteiger partial charge in [-0.2, -0.15) is 4.98 Å². The summed E-state index contributed by atoms with van der Waals surface area (Å²) in [6.07, 6.45) is 1.65. The smallest absolute Gasteiger partial charge is 0.227 e. The van der Waals surface area contributed by atoms with E-state index in [0.29, 0.717) is 29.3 Å². The van der Waals surface area contributed by atoms with Crippen molar-refractivity contribution in [3.8, 4) is 11.4 Å². The lowest BCUT2D eigenvalue weighted by Crippen LogP contribution is -2.46. The zero-order valence-electron chi connectivity index (χ0n) is 16.4. The molecule has 1 saturated heterocycles. The van der Waals surface area contributed by atoms with Crippen LogP contribution < -0.4 is 4.90 Å². The Bertz CT molecular complexity index is 969. The monoisotopic (exact) mass is 414 g/mol. The zero-order chi connectivity index (χ0) is 20.2. The lowest BCUT2D eigenvalue weighted by Gasteiger charge is -2.36. The molecule has 0 saturated carbocycles. The summed E-state index contributed by atoms with van der Waals surface area (Å²) in [6.45, 7) is 6.65. The SMILES string of the molecule is Cc1ccc(-c2noc(CCCN3CCN(c4ccccc4Cl)CC3)n2)cc1F. The Balaban J connectivity index is 1.25. The van der Waals surface area contributed by atoms with Crippen LogP contribution in [-0.4, -0.2) is 47.8 Å². The first-order chi connectivity index (χ1) is 14.1. The number of halogens is 2. The molecule has 152 valence electrons. The maximum atomic E-state index is 13.7. The van der Waals surface area contributed by atoms with Crippen molar-refractivity contribution in [2.24, 2.45) is 0 Å². The van der Waals surface area contributed by atoms with E-state index in [1.165, 1.54) is 6.07 Å². The molecule has 2 aromatic carbocycles. The Labute approximate surface area is 175 Å². The van der Waals surface area contributed by atoms with Crippen molar-refractivity contribution in [2.75, 3.05) is 37.6 Å². The standard InChI is InChI=1S/C22H24ClFN4O/c1-16-8-9-17(15-19(16)24)22-25-21(29-26-22)7-4-10-27-11-13-28(14-12-27)20-6-3-2-5-18(20)23/h2-3,5-6,8-9,15H,4,7,10-14H2,1H3. The van der Waals surface area contributed by atoms with Crippen LogP contribution in [0.25, 0.3) is 11.4 Å². The molecule has 0 bridgehead atoms. The third kappa shape index (κ3) is 4.77. The van der Waals surface area contributed by atoms with Crippen molar-refractivity contribution in [2.45, 2.75) is 19.8 Å². The number of benzene rings is 2. The summed E-state index contributed by atoms with van der Waals surface area (Å²) in [5, 5.41) is 4.80. The van der Waals surface area contributed by atoms with Gasteiger partial charge in [0.15, 0.2) is 0 Å². The van der Waals surface area contributed by atoms with Gasteiger partial charge in [-0.1, -0.05) is 41.0 Å². The summed E-state index contributed by atoms with van der Waals surface area (Å²) in [5.74, 6) is 0.771. The predicted octanol–water partition coefficient (Wildman–Crippen LogP) is 4.59. The second-order valence-corrected chi connectivity index (χ2v) is 7.77. The zero-order valence-corrected chi connectivity index (χ0v) is 17.2. The molecule has 1 aliphatic heterocycles. The van der Waals surface area contributed by atoms with Crippen LogP contribution in [-0.2, 0) is 6.42 Å². The van der Waals surface area contributed by atoms with Gasteiger partial charge < -0.3 is 9.42 Å². The Morgan fingerprint density at radius 1 is 1.10 bits per heavy atom. The normalized spacial score (nSPS) is 15.1. The van der Waals surface area contributed by atoms with E-state index in [9.17, 15) is 4.39 Å². The molecule has 4 rings (SSSR count). The van der Waals surface area contributed by atoms with E-state index >= 15 is 0 Å². The molecule has 1 fully saturated rings. The van der Waals surface area contributed by atoms with Crippen LogP contribution in [0.1, 0.15) is 17.9 Å². The average molecular weight is 415 g/mol. The van der Waals surface area contributed by atoms with E-state index in [0.717, 1.165) is 49.9 Å². The number of anilines is 1. The minimum absolute atomic E-state index is 0.259. The number of aromatic nitrogens is 2. The molecule has 2 heterocycles. The summed E-state index contributed by atoms with van der Waals surface area (Å²) >= 11 is 6.31. The minimum Gasteiger partial charge on any atom is -0.368 e. The molecular weight excluding hydrogens is 391 g/mol. The Morgan fingerprint density at radius 2 is 1.90 bits per heavy atom. The van der Waals surface area contributed by atoms with Crippen molar-refractivity contribution >= 4 is 17.3 Å². The van der Waals surface area contributed by atoms with Crippen LogP contribution in [0.15, 0.2) is 47.0 Å². The van der Waals surface area contributed by atoms with E-state index in [2.05, 4.69) is 26.0 Å². The quantitative estimate of drug-likeness (QED) is 0.590. The van der Waals surface area contributed by atoms with E-state index in [1.54, 1.807) is 13.0 Å². The van der Waals surface area contributed by atoms with E-state index in [4.69, 9.17) is 16.1 Å². The summed E-state index contributed by atoms with van der Waals surface area (Å²) < 4.78 is 19.1. The topological polar surface area (TPSA) is 45.4 Å². The predicted molar refractivity (Wildman–Crippen MR) is 113 cm³/mol. The summed E-state index contributed by atoms with van der Waals surface area (Å²) in [7, 11) is 0. The molecule has 0 amide bonds. The number of hydrogen-bond donors (Lipinski definition) is 0. The van der Waals surface area contributed by atoms with Gasteiger partial charge in [-0.05, 0) is 43.7 Å². The van der Waals surface area contributed by atoms with Gasteiger partial charge in [0.25, 0.3) is 0 Å². The molecular formula is C22H24ClFN4O. The fourth-order valence-electron chi connectivity index (χ4n) is 3.58. The van der Waals surface area contributed by atoms with Crippen LogP contribution in [0, 0.1) is 12.7 Å². The fourth-order valence-corrected chi connectivity index (χ4v) is 3.84. The number of aryl methyl sites for hydroxylation is 2. The number of piperazine rings is 1. The van der Waals surface area contributed by atoms with Gasteiger partial charge >= 0.3 is 0 Å². The van der Waals surface area contributed by atoms with Gasteiger partial charge in [0, 0.05) is 38.2 Å². The third-order valence-corrected chi connectivity index (χ3v) is 5.65. The molecule has 1 aromatic heterocycles. The lowest BCUT2D eigenvalue weighted by atomic mass is 10.1. The van der Waals surface area contributed by atoms with Gasteiger partial charge in [0.05, 0.1) is 10.7 Å². The third-order valence-electron chi connectivity index (χ3n) is 5.33. The largest absolute Gasteiger partial charge is 0.368 e. The highest BCUT2D eigenvalue weighted by Gasteiger charge is 2.18. The van der Waals surface area contributed by atoms with Crippen molar-refractivity contribution in [3.05, 3.63) is 64.8 Å². The number of hydrogen-bond acceptors (Lipinski definition) is 5. The molecule has 0 radical (unpaired) electrons. The Morgan fingerprint density at radius 3 is 2.66 bits per heavy atom. The van der Waals surface area contributed by atoms with Gasteiger partial charge in [-0.3, -0.25) is 4.90 Å². The maximum Gasteiger partial charge on any atom is 0.227 e. The van der Waals surface area contributed by atoms with Crippen LogP contribution in [0.5, 0.6) is 0 Å². The van der Waals surface area contributed by atoms with Crippen molar-refractivity contribution in [3.63, 3.8) is 0 Å². The number of rotatable bonds is 6. The van der Waals surface area contributed by atoms with E-state index in [-0.39, 0.29) is 5.82 Å². The lowest BCUT2D eigenvalue weighted by molar-refractivity contribution is 0.251. The van der Waals surface area contributed by atoms with Crippen molar-refractivity contribution < 1.29 is 8.91 Å². The molecule has 0 spiro atoms. The van der Waals surface area contributed by atoms with Crippen LogP contribution in [0.3, 0.4) is 0 Å². The van der Waals surface area contributed by atoms with Crippen LogP contribution in [0.4, 0.5) is 10.1 Å². The highest BCUT2D eigenvalue weighted by molar-refractivity contribution is 6.33. The van der Waals surface area contributed by atoms with Gasteiger partial charge in [0.1, 0.15) is 5.82 Å². The van der Waals surface area contributed by atoms with Crippen molar-refractivity contribution in [1.82, 2.24) is 15.0 Å². The molecule has 7 heteroatoms. The molecule has 5 nitrogen and oxygen atoms in total. The first kappa shape index (κ1) is 19.9. The summed E-state index contributed by atoms with van der Waals surface area (Å²) in [5.41, 5.74) is 2.35. The molecule has 0 atom stereocenters. The van der Waals surface area contributed by atoms with E-state index in [1.807, 2.05) is 24.3 Å². The number of nitrogens with zero attached hydrogens (tertiary/aromatic N) is 4. The summed E-state index contributed by atoms with van der Waals surface area (Å²) in [6, 6.07) is 13.0. The fraction of sp³-hybridized carbons (Fsp3) is 0.364. The first-order valence-electron chi connectivity index (χ1n) is 9.91. The van der Waals surface area contributed by atoms with Crippen molar-refractivity contribution in [1.29, 1.82) is 0 Å². The molecule has 1 aliphatic rings. The molecule has 0 unspecified atom stereocenters. The van der Waals surface area contributed by atoms with Crippen LogP contribution >= 0.6 is 11.6 Å². The molecule has 3 aromatic rings.